The van der Waals surface area contributed by atoms with Gasteiger partial charge < -0.3 is 9.51 Å². The van der Waals surface area contributed by atoms with Crippen molar-refractivity contribution in [2.24, 2.45) is 0 Å². The summed E-state index contributed by atoms with van der Waals surface area (Å²) in [5.74, 6) is 0.909. The van der Waals surface area contributed by atoms with Crippen molar-refractivity contribution in [2.45, 2.75) is 20.0 Å². The van der Waals surface area contributed by atoms with Gasteiger partial charge in [-0.3, -0.25) is 0 Å². The summed E-state index contributed by atoms with van der Waals surface area (Å²) in [7, 11) is 0. The Morgan fingerprint density at radius 3 is 2.92 bits per heavy atom. The van der Waals surface area contributed by atoms with Crippen molar-refractivity contribution in [1.29, 1.82) is 0 Å². The average molecular weight is 176 g/mol. The van der Waals surface area contributed by atoms with Gasteiger partial charge in [0.25, 0.3) is 0 Å². The molecule has 2 aromatic heterocycles. The van der Waals surface area contributed by atoms with Gasteiger partial charge in [-0.25, -0.2) is 4.98 Å². The molecule has 0 fully saturated rings. The third-order valence-corrected chi connectivity index (χ3v) is 2.15. The molecule has 0 bridgehead atoms. The van der Waals surface area contributed by atoms with Crippen molar-refractivity contribution in [3.05, 3.63) is 35.9 Å². The van der Waals surface area contributed by atoms with E-state index >= 15 is 0 Å². The Kier molecular flexibility index (Phi) is 1.81. The van der Waals surface area contributed by atoms with E-state index in [0.717, 1.165) is 17.0 Å². The predicted molar refractivity (Wildman–Crippen MR) is 50.6 cm³/mol. The van der Waals surface area contributed by atoms with Crippen molar-refractivity contribution in [1.82, 2.24) is 9.38 Å². The van der Waals surface area contributed by atoms with E-state index in [2.05, 4.69) is 4.98 Å². The number of pyridine rings is 1. The molecule has 0 spiro atoms. The first-order valence-electron chi connectivity index (χ1n) is 4.32. The van der Waals surface area contributed by atoms with Crippen molar-refractivity contribution in [3.63, 3.8) is 0 Å². The van der Waals surface area contributed by atoms with E-state index in [1.54, 1.807) is 6.92 Å². The van der Waals surface area contributed by atoms with Crippen LogP contribution in [0.3, 0.4) is 0 Å². The standard InChI is InChI=1S/C10H12N2O/c1-7(13)10-9-5-3-4-6-12(9)8(2)11-10/h3-7,13H,1-2H3. The van der Waals surface area contributed by atoms with Crippen LogP contribution in [0.4, 0.5) is 0 Å². The first kappa shape index (κ1) is 8.26. The van der Waals surface area contributed by atoms with Gasteiger partial charge in [-0.15, -0.1) is 0 Å². The smallest absolute Gasteiger partial charge is 0.110 e. The lowest BCUT2D eigenvalue weighted by Crippen LogP contribution is -1.91. The maximum absolute atomic E-state index is 9.46. The Morgan fingerprint density at radius 1 is 1.46 bits per heavy atom. The van der Waals surface area contributed by atoms with Crippen molar-refractivity contribution >= 4 is 5.52 Å². The van der Waals surface area contributed by atoms with Gasteiger partial charge in [-0.1, -0.05) is 6.07 Å². The van der Waals surface area contributed by atoms with Crippen LogP contribution >= 0.6 is 0 Å². The molecule has 1 atom stereocenters. The van der Waals surface area contributed by atoms with Crippen LogP contribution in [0.15, 0.2) is 24.4 Å². The molecule has 13 heavy (non-hydrogen) atoms. The Morgan fingerprint density at radius 2 is 2.23 bits per heavy atom. The average Bonchev–Trinajstić information content (AvgIpc) is 2.45. The van der Waals surface area contributed by atoms with Gasteiger partial charge >= 0.3 is 0 Å². The normalized spacial score (nSPS) is 13.5. The van der Waals surface area contributed by atoms with Crippen LogP contribution in [0.5, 0.6) is 0 Å². The molecule has 0 saturated heterocycles. The third-order valence-electron chi connectivity index (χ3n) is 2.15. The lowest BCUT2D eigenvalue weighted by molar-refractivity contribution is 0.196. The van der Waals surface area contributed by atoms with Gasteiger partial charge in [-0.05, 0) is 26.0 Å². The van der Waals surface area contributed by atoms with Crippen molar-refractivity contribution in [3.8, 4) is 0 Å². The zero-order valence-electron chi connectivity index (χ0n) is 7.73. The number of aliphatic hydroxyl groups is 1. The molecule has 0 amide bonds. The van der Waals surface area contributed by atoms with E-state index < -0.39 is 6.10 Å². The topological polar surface area (TPSA) is 37.5 Å². The predicted octanol–water partition coefficient (Wildman–Crippen LogP) is 1.70. The van der Waals surface area contributed by atoms with E-state index in [4.69, 9.17) is 0 Å². The molecule has 68 valence electrons. The van der Waals surface area contributed by atoms with Gasteiger partial charge in [0.2, 0.25) is 0 Å². The molecule has 1 N–H and O–H groups in total. The van der Waals surface area contributed by atoms with Crippen molar-refractivity contribution in [2.75, 3.05) is 0 Å². The molecule has 0 aliphatic carbocycles. The summed E-state index contributed by atoms with van der Waals surface area (Å²) < 4.78 is 1.97. The number of hydrogen-bond acceptors (Lipinski definition) is 2. The fourth-order valence-electron chi connectivity index (χ4n) is 1.53. The molecule has 0 aliphatic rings. The SMILES string of the molecule is Cc1nc(C(C)O)c2ccccn12. The zero-order chi connectivity index (χ0) is 9.42. The number of nitrogens with zero attached hydrogens (tertiary/aromatic N) is 2. The largest absolute Gasteiger partial charge is 0.387 e. The van der Waals surface area contributed by atoms with Crippen LogP contribution in [-0.2, 0) is 0 Å². The highest BCUT2D eigenvalue weighted by Crippen LogP contribution is 2.18. The van der Waals surface area contributed by atoms with E-state index in [1.165, 1.54) is 0 Å². The second kappa shape index (κ2) is 2.85. The molecule has 1 unspecified atom stereocenters. The summed E-state index contributed by atoms with van der Waals surface area (Å²) in [6.45, 7) is 3.66. The number of imidazole rings is 1. The Bertz CT molecular complexity index is 431. The minimum atomic E-state index is -0.508. The lowest BCUT2D eigenvalue weighted by atomic mass is 10.2. The van der Waals surface area contributed by atoms with E-state index in [0.29, 0.717) is 0 Å². The molecule has 2 aromatic rings. The summed E-state index contributed by atoms with van der Waals surface area (Å²) in [6, 6.07) is 5.86. The summed E-state index contributed by atoms with van der Waals surface area (Å²) >= 11 is 0. The second-order valence-electron chi connectivity index (χ2n) is 3.18. The number of aliphatic hydroxyl groups excluding tert-OH is 1. The molecular formula is C10H12N2O. The first-order chi connectivity index (χ1) is 6.20. The monoisotopic (exact) mass is 176 g/mol. The molecule has 3 nitrogen and oxygen atoms in total. The van der Waals surface area contributed by atoms with Crippen LogP contribution in [0.2, 0.25) is 0 Å². The van der Waals surface area contributed by atoms with Crippen LogP contribution in [-0.4, -0.2) is 14.5 Å². The van der Waals surface area contributed by atoms with E-state index in [-0.39, 0.29) is 0 Å². The maximum Gasteiger partial charge on any atom is 0.110 e. The summed E-state index contributed by atoms with van der Waals surface area (Å²) in [4.78, 5) is 4.30. The third kappa shape index (κ3) is 1.21. The van der Waals surface area contributed by atoms with Crippen LogP contribution in [0.1, 0.15) is 24.5 Å². The highest BCUT2D eigenvalue weighted by Gasteiger charge is 2.10. The van der Waals surface area contributed by atoms with E-state index in [1.807, 2.05) is 35.7 Å². The minimum absolute atomic E-state index is 0.508. The second-order valence-corrected chi connectivity index (χ2v) is 3.18. The summed E-state index contributed by atoms with van der Waals surface area (Å²) in [5.41, 5.74) is 1.73. The fraction of sp³-hybridized carbons (Fsp3) is 0.300. The number of fused-ring (bicyclic) bond motifs is 1. The van der Waals surface area contributed by atoms with Gasteiger partial charge in [0.05, 0.1) is 17.3 Å². The van der Waals surface area contributed by atoms with Gasteiger partial charge in [0, 0.05) is 6.20 Å². The Labute approximate surface area is 76.7 Å². The van der Waals surface area contributed by atoms with Crippen LogP contribution in [0, 0.1) is 6.92 Å². The van der Waals surface area contributed by atoms with Gasteiger partial charge in [-0.2, -0.15) is 0 Å². The maximum atomic E-state index is 9.46. The zero-order valence-corrected chi connectivity index (χ0v) is 7.73. The Balaban J connectivity index is 2.78. The molecular weight excluding hydrogens is 164 g/mol. The molecule has 0 saturated carbocycles. The van der Waals surface area contributed by atoms with Crippen LogP contribution in [0.25, 0.3) is 5.52 Å². The number of aryl methyl sites for hydroxylation is 1. The molecule has 2 heterocycles. The molecule has 0 aromatic carbocycles. The molecule has 0 radical (unpaired) electrons. The number of rotatable bonds is 1. The highest BCUT2D eigenvalue weighted by molar-refractivity contribution is 5.53. The molecule has 3 heteroatoms. The number of hydrogen-bond donors (Lipinski definition) is 1. The summed E-state index contributed by atoms with van der Waals surface area (Å²) in [5, 5.41) is 9.46. The summed E-state index contributed by atoms with van der Waals surface area (Å²) in [6.07, 6.45) is 1.44. The number of aromatic nitrogens is 2. The molecule has 2 rings (SSSR count). The minimum Gasteiger partial charge on any atom is -0.387 e. The molecule has 0 aliphatic heterocycles. The van der Waals surface area contributed by atoms with E-state index in [9.17, 15) is 5.11 Å². The quantitative estimate of drug-likeness (QED) is 0.718. The Hall–Kier alpha value is -1.35. The van der Waals surface area contributed by atoms with Gasteiger partial charge in [0.15, 0.2) is 0 Å². The first-order valence-corrected chi connectivity index (χ1v) is 4.32. The fourth-order valence-corrected chi connectivity index (χ4v) is 1.53. The lowest BCUT2D eigenvalue weighted by Gasteiger charge is -1.99. The van der Waals surface area contributed by atoms with Crippen LogP contribution < -0.4 is 0 Å². The van der Waals surface area contributed by atoms with Gasteiger partial charge in [0.1, 0.15) is 5.82 Å². The highest BCUT2D eigenvalue weighted by atomic mass is 16.3. The van der Waals surface area contributed by atoms with Crippen molar-refractivity contribution < 1.29 is 5.11 Å².